The van der Waals surface area contributed by atoms with E-state index in [2.05, 4.69) is 4.52 Å². The van der Waals surface area contributed by atoms with Crippen molar-refractivity contribution in [2.45, 2.75) is 43.7 Å². The fourth-order valence-electron chi connectivity index (χ4n) is 2.37. The van der Waals surface area contributed by atoms with Crippen molar-refractivity contribution in [2.75, 3.05) is 6.61 Å². The van der Waals surface area contributed by atoms with E-state index in [-0.39, 0.29) is 13.0 Å². The van der Waals surface area contributed by atoms with Crippen LogP contribution in [0.4, 0.5) is 0 Å². The standard InChI is InChI=1S/C19H27O9P/c1-19(23,12-11-16-9-7-10-18(22)27-16)17(28-29(24,25)26)14-15(21)8-5-3-2-4-6-13-20/h2-8,10-12,15-17,20-21,23H,9,13-14H2,1H3,(H2,24,25,26)/t15?,16?,17?,19-/m1/s1. The van der Waals surface area contributed by atoms with E-state index in [1.807, 2.05) is 0 Å². The summed E-state index contributed by atoms with van der Waals surface area (Å²) >= 11 is 0. The maximum atomic E-state index is 11.3. The minimum absolute atomic E-state index is 0.100. The Hall–Kier alpha value is -1.84. The number of carbonyl (C=O) groups is 1. The van der Waals surface area contributed by atoms with Gasteiger partial charge in [-0.2, -0.15) is 0 Å². The third-order valence-electron chi connectivity index (χ3n) is 3.82. The van der Waals surface area contributed by atoms with Gasteiger partial charge in [-0.15, -0.1) is 0 Å². The third kappa shape index (κ3) is 11.1. The Kier molecular flexibility index (Phi) is 10.4. The van der Waals surface area contributed by atoms with Crippen LogP contribution in [-0.4, -0.2) is 61.6 Å². The number of phosphoric ester groups is 1. The van der Waals surface area contributed by atoms with Gasteiger partial charge in [0.15, 0.2) is 0 Å². The number of allylic oxidation sites excluding steroid dienone is 4. The molecule has 0 aromatic carbocycles. The first-order valence-corrected chi connectivity index (χ1v) is 10.4. The molecular formula is C19H27O9P. The molecule has 1 aliphatic heterocycles. The fraction of sp³-hybridized carbons (Fsp3) is 0.421. The van der Waals surface area contributed by atoms with Crippen molar-refractivity contribution in [1.29, 1.82) is 0 Å². The Morgan fingerprint density at radius 1 is 1.34 bits per heavy atom. The average Bonchev–Trinajstić information content (AvgIpc) is 2.61. The van der Waals surface area contributed by atoms with Crippen LogP contribution < -0.4 is 0 Å². The third-order valence-corrected chi connectivity index (χ3v) is 4.35. The summed E-state index contributed by atoms with van der Waals surface area (Å²) in [7, 11) is -4.96. The summed E-state index contributed by atoms with van der Waals surface area (Å²) in [6, 6.07) is 0. The lowest BCUT2D eigenvalue weighted by Gasteiger charge is -2.31. The molecule has 3 unspecified atom stereocenters. The van der Waals surface area contributed by atoms with Gasteiger partial charge in [0.1, 0.15) is 17.8 Å². The average molecular weight is 430 g/mol. The Bertz CT molecular complexity index is 715. The molecule has 1 aliphatic rings. The molecule has 162 valence electrons. The molecule has 0 saturated carbocycles. The Morgan fingerprint density at radius 2 is 2.03 bits per heavy atom. The molecular weight excluding hydrogens is 403 g/mol. The van der Waals surface area contributed by atoms with E-state index in [4.69, 9.17) is 19.6 Å². The van der Waals surface area contributed by atoms with Crippen LogP contribution in [0.2, 0.25) is 0 Å². The highest BCUT2D eigenvalue weighted by molar-refractivity contribution is 7.46. The van der Waals surface area contributed by atoms with E-state index in [9.17, 15) is 19.6 Å². The molecule has 0 aliphatic carbocycles. The summed E-state index contributed by atoms with van der Waals surface area (Å²) < 4.78 is 21.0. The lowest BCUT2D eigenvalue weighted by Crippen LogP contribution is -2.41. The van der Waals surface area contributed by atoms with Crippen LogP contribution in [-0.2, 0) is 18.6 Å². The topological polar surface area (TPSA) is 154 Å². The minimum Gasteiger partial charge on any atom is -0.455 e. The van der Waals surface area contributed by atoms with E-state index in [0.717, 1.165) is 0 Å². The van der Waals surface area contributed by atoms with Crippen LogP contribution in [0.3, 0.4) is 0 Å². The number of esters is 1. The molecule has 0 saturated heterocycles. The van der Waals surface area contributed by atoms with Crippen LogP contribution in [0.15, 0.2) is 60.8 Å². The molecule has 1 heterocycles. The summed E-state index contributed by atoms with van der Waals surface area (Å²) in [5, 5.41) is 29.4. The zero-order chi connectivity index (χ0) is 21.9. The Morgan fingerprint density at radius 3 is 2.66 bits per heavy atom. The summed E-state index contributed by atoms with van der Waals surface area (Å²) in [4.78, 5) is 29.6. The van der Waals surface area contributed by atoms with Gasteiger partial charge in [-0.1, -0.05) is 48.6 Å². The number of aliphatic hydroxyl groups excluding tert-OH is 2. The van der Waals surface area contributed by atoms with E-state index >= 15 is 0 Å². The molecule has 0 bridgehead atoms. The highest BCUT2D eigenvalue weighted by Gasteiger charge is 2.37. The molecule has 0 radical (unpaired) electrons. The fourth-order valence-corrected chi connectivity index (χ4v) is 3.01. The SMILES string of the molecule is C[C@@](O)(C=CC1CC=CC(=O)O1)C(CC(O)C=CC=CC=CCO)OP(=O)(O)O. The van der Waals surface area contributed by atoms with Crippen molar-refractivity contribution >= 4 is 13.8 Å². The second kappa shape index (κ2) is 12.0. The number of phosphoric acid groups is 1. The van der Waals surface area contributed by atoms with Crippen molar-refractivity contribution in [3.63, 3.8) is 0 Å². The lowest BCUT2D eigenvalue weighted by molar-refractivity contribution is -0.141. The number of aliphatic hydroxyl groups is 3. The molecule has 10 heteroatoms. The number of carbonyl (C=O) groups excluding carboxylic acids is 1. The van der Waals surface area contributed by atoms with E-state index < -0.39 is 37.7 Å². The highest BCUT2D eigenvalue weighted by atomic mass is 31.2. The molecule has 0 spiro atoms. The molecule has 5 N–H and O–H groups in total. The summed E-state index contributed by atoms with van der Waals surface area (Å²) in [6.07, 6.45) is 11.5. The largest absolute Gasteiger partial charge is 0.469 e. The molecule has 29 heavy (non-hydrogen) atoms. The van der Waals surface area contributed by atoms with Gasteiger partial charge in [-0.3, -0.25) is 4.52 Å². The van der Waals surface area contributed by atoms with Gasteiger partial charge in [0.05, 0.1) is 12.7 Å². The summed E-state index contributed by atoms with van der Waals surface area (Å²) in [5.74, 6) is -0.531. The molecule has 0 fully saturated rings. The molecule has 0 aromatic heterocycles. The predicted molar refractivity (Wildman–Crippen MR) is 105 cm³/mol. The number of cyclic esters (lactones) is 1. The van der Waals surface area contributed by atoms with Gasteiger partial charge >= 0.3 is 13.8 Å². The van der Waals surface area contributed by atoms with Crippen LogP contribution in [0.5, 0.6) is 0 Å². The number of hydrogen-bond donors (Lipinski definition) is 5. The lowest BCUT2D eigenvalue weighted by atomic mass is 9.93. The van der Waals surface area contributed by atoms with Crippen LogP contribution in [0, 0.1) is 0 Å². The number of hydrogen-bond acceptors (Lipinski definition) is 7. The van der Waals surface area contributed by atoms with Gasteiger partial charge in [0, 0.05) is 18.9 Å². The van der Waals surface area contributed by atoms with E-state index in [0.29, 0.717) is 6.42 Å². The molecule has 4 atom stereocenters. The van der Waals surface area contributed by atoms with Gasteiger partial charge in [0.2, 0.25) is 0 Å². The van der Waals surface area contributed by atoms with Gasteiger partial charge < -0.3 is 29.8 Å². The van der Waals surface area contributed by atoms with Crippen molar-refractivity contribution in [3.05, 3.63) is 60.8 Å². The normalized spacial score (nSPS) is 22.6. The maximum absolute atomic E-state index is 11.3. The molecule has 0 amide bonds. The first-order valence-electron chi connectivity index (χ1n) is 8.85. The monoisotopic (exact) mass is 430 g/mol. The first kappa shape index (κ1) is 25.2. The Labute approximate surface area is 169 Å². The predicted octanol–water partition coefficient (Wildman–Crippen LogP) is 1.06. The Balaban J connectivity index is 2.84. The van der Waals surface area contributed by atoms with Gasteiger partial charge in [0.25, 0.3) is 0 Å². The van der Waals surface area contributed by atoms with Crippen LogP contribution >= 0.6 is 7.82 Å². The van der Waals surface area contributed by atoms with Crippen LogP contribution in [0.1, 0.15) is 19.8 Å². The summed E-state index contributed by atoms with van der Waals surface area (Å²) in [6.45, 7) is 1.16. The van der Waals surface area contributed by atoms with Gasteiger partial charge in [-0.25, -0.2) is 9.36 Å². The maximum Gasteiger partial charge on any atom is 0.469 e. The van der Waals surface area contributed by atoms with E-state index in [1.165, 1.54) is 43.4 Å². The van der Waals surface area contributed by atoms with Crippen molar-refractivity contribution in [2.24, 2.45) is 0 Å². The second-order valence-electron chi connectivity index (χ2n) is 6.47. The number of ether oxygens (including phenoxy) is 1. The second-order valence-corrected chi connectivity index (χ2v) is 7.66. The zero-order valence-electron chi connectivity index (χ0n) is 15.9. The van der Waals surface area contributed by atoms with Crippen molar-refractivity contribution < 1.29 is 43.7 Å². The molecule has 9 nitrogen and oxygen atoms in total. The highest BCUT2D eigenvalue weighted by Crippen LogP contribution is 2.41. The first-order chi connectivity index (χ1) is 13.5. The van der Waals surface area contributed by atoms with Crippen molar-refractivity contribution in [1.82, 2.24) is 0 Å². The molecule has 1 rings (SSSR count). The van der Waals surface area contributed by atoms with Gasteiger partial charge in [-0.05, 0) is 13.0 Å². The number of rotatable bonds is 11. The minimum atomic E-state index is -4.96. The van der Waals surface area contributed by atoms with Crippen LogP contribution in [0.25, 0.3) is 0 Å². The van der Waals surface area contributed by atoms with E-state index in [1.54, 1.807) is 24.3 Å². The van der Waals surface area contributed by atoms with Crippen molar-refractivity contribution in [3.8, 4) is 0 Å². The quantitative estimate of drug-likeness (QED) is 0.140. The zero-order valence-corrected chi connectivity index (χ0v) is 16.8. The molecule has 0 aromatic rings. The summed E-state index contributed by atoms with van der Waals surface area (Å²) in [5.41, 5.74) is -1.87. The smallest absolute Gasteiger partial charge is 0.455 e.